The Morgan fingerprint density at radius 2 is 1.96 bits per heavy atom. The number of hydrogen-bond donors (Lipinski definition) is 1. The van der Waals surface area contributed by atoms with Crippen LogP contribution in [-0.4, -0.2) is 37.0 Å². The molecule has 3 nitrogen and oxygen atoms in total. The van der Waals surface area contributed by atoms with Gasteiger partial charge in [0.2, 0.25) is 5.91 Å². The Morgan fingerprint density at radius 1 is 1.15 bits per heavy atom. The molecule has 1 saturated heterocycles. The number of allylic oxidation sites excluding steroid dienone is 2. The predicted octanol–water partition coefficient (Wildman–Crippen LogP) is 4.19. The van der Waals surface area contributed by atoms with Crippen LogP contribution in [0.5, 0.6) is 0 Å². The molecule has 0 radical (unpaired) electrons. The third kappa shape index (κ3) is 4.82. The molecule has 146 valence electrons. The first-order valence-corrected chi connectivity index (χ1v) is 10.9. The molecule has 1 heterocycles. The van der Waals surface area contributed by atoms with Gasteiger partial charge < -0.3 is 10.2 Å². The third-order valence-corrected chi connectivity index (χ3v) is 7.04. The lowest BCUT2D eigenvalue weighted by Gasteiger charge is -2.35. The fraction of sp³-hybridized carbons (Fsp3) is 0.625. The van der Waals surface area contributed by atoms with Gasteiger partial charge in [-0.3, -0.25) is 4.79 Å². The van der Waals surface area contributed by atoms with Crippen LogP contribution in [0.1, 0.15) is 50.5 Å². The highest BCUT2D eigenvalue weighted by molar-refractivity contribution is 5.82. The zero-order valence-corrected chi connectivity index (χ0v) is 16.5. The second-order valence-corrected chi connectivity index (χ2v) is 8.95. The van der Waals surface area contributed by atoms with Crippen LogP contribution in [0.3, 0.4) is 0 Å². The number of aryl methyl sites for hydroxylation is 1. The van der Waals surface area contributed by atoms with Gasteiger partial charge in [-0.2, -0.15) is 0 Å². The second-order valence-electron chi connectivity index (χ2n) is 8.95. The smallest absolute Gasteiger partial charge is 0.223 e. The van der Waals surface area contributed by atoms with Crippen molar-refractivity contribution in [3.05, 3.63) is 48.0 Å². The number of hydrogen-bond acceptors (Lipinski definition) is 2. The van der Waals surface area contributed by atoms with E-state index in [4.69, 9.17) is 0 Å². The third-order valence-electron chi connectivity index (χ3n) is 7.04. The molecule has 1 N–H and O–H groups in total. The lowest BCUT2D eigenvalue weighted by Crippen LogP contribution is -2.39. The van der Waals surface area contributed by atoms with E-state index in [9.17, 15) is 4.79 Å². The summed E-state index contributed by atoms with van der Waals surface area (Å²) in [5, 5.41) is 3.20. The fourth-order valence-corrected chi connectivity index (χ4v) is 5.11. The predicted molar refractivity (Wildman–Crippen MR) is 110 cm³/mol. The average molecular weight is 367 g/mol. The van der Waals surface area contributed by atoms with Gasteiger partial charge in [-0.15, -0.1) is 0 Å². The zero-order valence-electron chi connectivity index (χ0n) is 16.5. The van der Waals surface area contributed by atoms with E-state index in [0.717, 1.165) is 31.7 Å². The SMILES string of the molecule is O=C(NCCCc1ccccc1)[C@H]1CC12CCN(C[C@@H]1CC=CCC1)CC2. The summed E-state index contributed by atoms with van der Waals surface area (Å²) in [6.07, 6.45) is 14.2. The maximum absolute atomic E-state index is 12.6. The Bertz CT molecular complexity index is 646. The summed E-state index contributed by atoms with van der Waals surface area (Å²) >= 11 is 0. The number of nitrogens with zero attached hydrogens (tertiary/aromatic N) is 1. The summed E-state index contributed by atoms with van der Waals surface area (Å²) in [5.74, 6) is 1.45. The van der Waals surface area contributed by atoms with Crippen molar-refractivity contribution < 1.29 is 4.79 Å². The molecule has 1 amide bonds. The van der Waals surface area contributed by atoms with Crippen LogP contribution >= 0.6 is 0 Å². The monoisotopic (exact) mass is 366 g/mol. The highest BCUT2D eigenvalue weighted by atomic mass is 16.2. The summed E-state index contributed by atoms with van der Waals surface area (Å²) in [6.45, 7) is 4.45. The lowest BCUT2D eigenvalue weighted by atomic mass is 9.88. The van der Waals surface area contributed by atoms with Gasteiger partial charge in [0.1, 0.15) is 0 Å². The van der Waals surface area contributed by atoms with Crippen molar-refractivity contribution in [2.24, 2.45) is 17.3 Å². The van der Waals surface area contributed by atoms with E-state index >= 15 is 0 Å². The van der Waals surface area contributed by atoms with Crippen molar-refractivity contribution in [1.29, 1.82) is 0 Å². The fourth-order valence-electron chi connectivity index (χ4n) is 5.11. The molecule has 1 aromatic carbocycles. The molecular formula is C24H34N2O. The average Bonchev–Trinajstić information content (AvgIpc) is 3.42. The number of nitrogens with one attached hydrogen (secondary N) is 1. The Hall–Kier alpha value is -1.61. The Balaban J connectivity index is 1.14. The summed E-state index contributed by atoms with van der Waals surface area (Å²) in [6, 6.07) is 10.5. The van der Waals surface area contributed by atoms with Crippen LogP contribution in [0.25, 0.3) is 0 Å². The minimum atomic E-state index is 0.286. The number of likely N-dealkylation sites (tertiary alicyclic amines) is 1. The molecule has 0 aromatic heterocycles. The van der Waals surface area contributed by atoms with Crippen molar-refractivity contribution in [3.63, 3.8) is 0 Å². The first-order chi connectivity index (χ1) is 13.3. The molecule has 4 rings (SSSR count). The Kier molecular flexibility index (Phi) is 5.97. The van der Waals surface area contributed by atoms with Gasteiger partial charge in [0, 0.05) is 19.0 Å². The zero-order chi connectivity index (χ0) is 18.5. The highest BCUT2D eigenvalue weighted by Crippen LogP contribution is 2.59. The van der Waals surface area contributed by atoms with Gasteiger partial charge >= 0.3 is 0 Å². The number of piperidine rings is 1. The molecule has 1 aromatic rings. The quantitative estimate of drug-likeness (QED) is 0.579. The molecule has 1 spiro atoms. The molecule has 1 saturated carbocycles. The van der Waals surface area contributed by atoms with Gasteiger partial charge in [0.15, 0.2) is 0 Å². The Morgan fingerprint density at radius 3 is 2.70 bits per heavy atom. The topological polar surface area (TPSA) is 32.3 Å². The molecule has 0 unspecified atom stereocenters. The number of carbonyl (C=O) groups is 1. The number of amides is 1. The van der Waals surface area contributed by atoms with E-state index in [1.807, 2.05) is 0 Å². The molecular weight excluding hydrogens is 332 g/mol. The molecule has 2 fully saturated rings. The molecule has 3 heteroatoms. The van der Waals surface area contributed by atoms with Crippen LogP contribution in [-0.2, 0) is 11.2 Å². The molecule has 27 heavy (non-hydrogen) atoms. The minimum Gasteiger partial charge on any atom is -0.356 e. The molecule has 1 aliphatic heterocycles. The standard InChI is InChI=1S/C24H34N2O/c27-23(25-15-7-12-20-8-3-1-4-9-20)22-18-24(22)13-16-26(17-14-24)19-21-10-5-2-6-11-21/h1-5,8-9,21-22H,6-7,10-19H2,(H,25,27)/t21-,22-/m1/s1. The van der Waals surface area contributed by atoms with E-state index in [2.05, 4.69) is 52.7 Å². The first-order valence-electron chi connectivity index (χ1n) is 10.9. The summed E-state index contributed by atoms with van der Waals surface area (Å²) in [5.41, 5.74) is 1.70. The first kappa shape index (κ1) is 18.7. The van der Waals surface area contributed by atoms with Crippen molar-refractivity contribution in [2.75, 3.05) is 26.2 Å². The lowest BCUT2D eigenvalue weighted by molar-refractivity contribution is -0.123. The van der Waals surface area contributed by atoms with E-state index < -0.39 is 0 Å². The normalized spacial score (nSPS) is 26.8. The van der Waals surface area contributed by atoms with Crippen LogP contribution in [0.2, 0.25) is 0 Å². The van der Waals surface area contributed by atoms with E-state index in [1.165, 1.54) is 57.3 Å². The van der Waals surface area contributed by atoms with Gasteiger partial charge in [-0.1, -0.05) is 42.5 Å². The largest absolute Gasteiger partial charge is 0.356 e. The summed E-state index contributed by atoms with van der Waals surface area (Å²) in [7, 11) is 0. The van der Waals surface area contributed by atoms with Crippen molar-refractivity contribution in [1.82, 2.24) is 10.2 Å². The maximum atomic E-state index is 12.6. The molecule has 0 bridgehead atoms. The van der Waals surface area contributed by atoms with Crippen LogP contribution in [0.15, 0.2) is 42.5 Å². The second kappa shape index (κ2) is 8.60. The molecule has 2 aliphatic carbocycles. The molecule has 3 aliphatic rings. The highest BCUT2D eigenvalue weighted by Gasteiger charge is 2.58. The van der Waals surface area contributed by atoms with Gasteiger partial charge in [-0.05, 0) is 81.4 Å². The molecule has 2 atom stereocenters. The summed E-state index contributed by atoms with van der Waals surface area (Å²) in [4.78, 5) is 15.2. The number of rotatable bonds is 7. The van der Waals surface area contributed by atoms with Crippen LogP contribution in [0.4, 0.5) is 0 Å². The van der Waals surface area contributed by atoms with E-state index in [0.29, 0.717) is 11.3 Å². The number of carbonyl (C=O) groups excluding carboxylic acids is 1. The van der Waals surface area contributed by atoms with Crippen molar-refractivity contribution >= 4 is 5.91 Å². The van der Waals surface area contributed by atoms with Crippen LogP contribution < -0.4 is 5.32 Å². The van der Waals surface area contributed by atoms with Crippen LogP contribution in [0, 0.1) is 17.3 Å². The van der Waals surface area contributed by atoms with Gasteiger partial charge in [-0.25, -0.2) is 0 Å². The maximum Gasteiger partial charge on any atom is 0.223 e. The van der Waals surface area contributed by atoms with E-state index in [-0.39, 0.29) is 5.92 Å². The van der Waals surface area contributed by atoms with E-state index in [1.54, 1.807) is 0 Å². The van der Waals surface area contributed by atoms with Crippen molar-refractivity contribution in [3.8, 4) is 0 Å². The van der Waals surface area contributed by atoms with Gasteiger partial charge in [0.05, 0.1) is 0 Å². The Labute approximate surface area is 164 Å². The minimum absolute atomic E-state index is 0.286. The summed E-state index contributed by atoms with van der Waals surface area (Å²) < 4.78 is 0. The van der Waals surface area contributed by atoms with Gasteiger partial charge in [0.25, 0.3) is 0 Å². The number of benzene rings is 1. The van der Waals surface area contributed by atoms with Crippen molar-refractivity contribution in [2.45, 2.75) is 51.4 Å².